The second-order valence-electron chi connectivity index (χ2n) is 6.82. The van der Waals surface area contributed by atoms with E-state index in [1.807, 2.05) is 73.6 Å². The lowest BCUT2D eigenvalue weighted by Crippen LogP contribution is -2.31. The molecule has 0 bridgehead atoms. The Balaban J connectivity index is 1.72. The Morgan fingerprint density at radius 3 is 2.50 bits per heavy atom. The van der Waals surface area contributed by atoms with Gasteiger partial charge in [0.1, 0.15) is 5.70 Å². The lowest BCUT2D eigenvalue weighted by Gasteiger charge is -2.15. The van der Waals surface area contributed by atoms with Crippen LogP contribution in [-0.2, 0) is 9.59 Å². The number of carbonyl (C=O) groups excluding carboxylic acids is 2. The maximum atomic E-state index is 12.8. The zero-order valence-electron chi connectivity index (χ0n) is 17.0. The van der Waals surface area contributed by atoms with Crippen molar-refractivity contribution in [3.63, 3.8) is 0 Å². The van der Waals surface area contributed by atoms with Crippen LogP contribution in [0.4, 0.5) is 11.4 Å². The van der Waals surface area contributed by atoms with Crippen molar-refractivity contribution in [3.05, 3.63) is 78.5 Å². The van der Waals surface area contributed by atoms with E-state index in [4.69, 9.17) is 0 Å². The summed E-state index contributed by atoms with van der Waals surface area (Å²) in [5.74, 6) is -0.200. The molecule has 2 aromatic rings. The van der Waals surface area contributed by atoms with Crippen molar-refractivity contribution in [1.29, 1.82) is 0 Å². The summed E-state index contributed by atoms with van der Waals surface area (Å²) in [6.07, 6.45) is 3.41. The summed E-state index contributed by atoms with van der Waals surface area (Å²) in [6, 6.07) is 17.1. The van der Waals surface area contributed by atoms with Gasteiger partial charge in [-0.2, -0.15) is 0 Å². The van der Waals surface area contributed by atoms with E-state index >= 15 is 0 Å². The van der Waals surface area contributed by atoms with Crippen LogP contribution in [-0.4, -0.2) is 48.3 Å². The molecule has 0 saturated heterocycles. The van der Waals surface area contributed by atoms with Crippen LogP contribution >= 0.6 is 11.8 Å². The quantitative estimate of drug-likeness (QED) is 0.546. The molecule has 2 aromatic carbocycles. The second-order valence-corrected chi connectivity index (χ2v) is 7.76. The fraction of sp³-hybridized carbons (Fsp3) is 0.174. The lowest BCUT2D eigenvalue weighted by atomic mass is 10.1. The van der Waals surface area contributed by atoms with Gasteiger partial charge in [-0.3, -0.25) is 14.5 Å². The number of nitrogens with one attached hydrogen (secondary N) is 1. The molecule has 7 heteroatoms. The van der Waals surface area contributed by atoms with E-state index < -0.39 is 0 Å². The Labute approximate surface area is 181 Å². The molecule has 30 heavy (non-hydrogen) atoms. The number of aliphatic imine (C=N–C) groups is 1. The van der Waals surface area contributed by atoms with Crippen LogP contribution in [0.2, 0.25) is 0 Å². The topological polar surface area (TPSA) is 65.0 Å². The number of anilines is 2. The smallest absolute Gasteiger partial charge is 0.278 e. The molecule has 0 atom stereocenters. The minimum absolute atomic E-state index is 0.152. The van der Waals surface area contributed by atoms with Crippen molar-refractivity contribution in [2.45, 2.75) is 0 Å². The summed E-state index contributed by atoms with van der Waals surface area (Å²) in [7, 11) is 3.95. The number of amidine groups is 1. The molecule has 0 radical (unpaired) electrons. The molecule has 0 aliphatic carbocycles. The molecule has 1 aliphatic heterocycles. The highest BCUT2D eigenvalue weighted by atomic mass is 32.2. The molecule has 1 heterocycles. The van der Waals surface area contributed by atoms with Crippen LogP contribution in [0.25, 0.3) is 6.08 Å². The van der Waals surface area contributed by atoms with Crippen molar-refractivity contribution >= 4 is 46.2 Å². The standard InChI is InChI=1S/C23H24N4O2S/c1-4-14-27-22(29)20(15-17-10-12-19(13-11-17)26(2)3)25-23(27)30-16-21(28)24-18-8-6-5-7-9-18/h4-13,15H,1,14,16H2,2-3H3,(H,24,28). The summed E-state index contributed by atoms with van der Waals surface area (Å²) < 4.78 is 0. The van der Waals surface area contributed by atoms with Crippen LogP contribution in [0.5, 0.6) is 0 Å². The number of hydrogen-bond donors (Lipinski definition) is 1. The highest BCUT2D eigenvalue weighted by molar-refractivity contribution is 8.14. The number of nitrogens with zero attached hydrogens (tertiary/aromatic N) is 3. The van der Waals surface area contributed by atoms with Crippen molar-refractivity contribution in [2.75, 3.05) is 36.6 Å². The molecule has 0 aromatic heterocycles. The van der Waals surface area contributed by atoms with Gasteiger partial charge in [0.25, 0.3) is 5.91 Å². The molecule has 0 spiro atoms. The normalized spacial score (nSPS) is 14.6. The maximum absolute atomic E-state index is 12.8. The van der Waals surface area contributed by atoms with E-state index in [9.17, 15) is 9.59 Å². The number of rotatable bonds is 7. The molecule has 154 valence electrons. The first kappa shape index (κ1) is 21.4. The Morgan fingerprint density at radius 2 is 1.87 bits per heavy atom. The van der Waals surface area contributed by atoms with Gasteiger partial charge >= 0.3 is 0 Å². The third-order valence-electron chi connectivity index (χ3n) is 4.33. The molecule has 3 rings (SSSR count). The number of carbonyl (C=O) groups is 2. The average molecular weight is 421 g/mol. The van der Waals surface area contributed by atoms with E-state index in [2.05, 4.69) is 16.9 Å². The average Bonchev–Trinajstić information content (AvgIpc) is 3.03. The maximum Gasteiger partial charge on any atom is 0.278 e. The molecule has 0 unspecified atom stereocenters. The first-order chi connectivity index (χ1) is 14.5. The fourth-order valence-electron chi connectivity index (χ4n) is 2.81. The first-order valence-corrected chi connectivity index (χ1v) is 10.4. The lowest BCUT2D eigenvalue weighted by molar-refractivity contribution is -0.122. The fourth-order valence-corrected chi connectivity index (χ4v) is 3.61. The highest BCUT2D eigenvalue weighted by Gasteiger charge is 2.30. The van der Waals surface area contributed by atoms with Crippen LogP contribution < -0.4 is 10.2 Å². The van der Waals surface area contributed by atoms with Gasteiger partial charge in [0.15, 0.2) is 5.17 Å². The summed E-state index contributed by atoms with van der Waals surface area (Å²) in [5.41, 5.74) is 3.05. The van der Waals surface area contributed by atoms with Gasteiger partial charge in [0.05, 0.1) is 5.75 Å². The Bertz CT molecular complexity index is 982. The monoisotopic (exact) mass is 420 g/mol. The highest BCUT2D eigenvalue weighted by Crippen LogP contribution is 2.25. The van der Waals surface area contributed by atoms with Crippen LogP contribution in [0.1, 0.15) is 5.56 Å². The molecule has 0 fully saturated rings. The molecule has 2 amide bonds. The predicted molar refractivity (Wildman–Crippen MR) is 126 cm³/mol. The third kappa shape index (κ3) is 5.39. The van der Waals surface area contributed by atoms with Gasteiger partial charge in [0.2, 0.25) is 5.91 Å². The van der Waals surface area contributed by atoms with E-state index in [0.717, 1.165) is 16.9 Å². The zero-order valence-corrected chi connectivity index (χ0v) is 17.9. The molecular weight excluding hydrogens is 396 g/mol. The summed E-state index contributed by atoms with van der Waals surface area (Å²) >= 11 is 1.23. The summed E-state index contributed by atoms with van der Waals surface area (Å²) in [4.78, 5) is 33.1. The Kier molecular flexibility index (Phi) is 7.08. The van der Waals surface area contributed by atoms with E-state index in [-0.39, 0.29) is 17.6 Å². The van der Waals surface area contributed by atoms with Gasteiger partial charge < -0.3 is 10.2 Å². The van der Waals surface area contributed by atoms with Crippen molar-refractivity contribution < 1.29 is 9.59 Å². The zero-order chi connectivity index (χ0) is 21.5. The van der Waals surface area contributed by atoms with Crippen LogP contribution in [0.3, 0.4) is 0 Å². The van der Waals surface area contributed by atoms with Gasteiger partial charge in [-0.15, -0.1) is 6.58 Å². The van der Waals surface area contributed by atoms with E-state index in [1.165, 1.54) is 16.7 Å². The second kappa shape index (κ2) is 9.93. The van der Waals surface area contributed by atoms with Crippen LogP contribution in [0.15, 0.2) is 77.9 Å². The number of benzene rings is 2. The predicted octanol–water partition coefficient (Wildman–Crippen LogP) is 3.85. The SMILES string of the molecule is C=CCN1C(=O)C(=Cc2ccc(N(C)C)cc2)N=C1SCC(=O)Nc1ccccc1. The van der Waals surface area contributed by atoms with Crippen molar-refractivity contribution in [1.82, 2.24) is 4.90 Å². The van der Waals surface area contributed by atoms with Gasteiger partial charge in [-0.05, 0) is 35.9 Å². The molecule has 0 saturated carbocycles. The van der Waals surface area contributed by atoms with Crippen molar-refractivity contribution in [2.24, 2.45) is 4.99 Å². The molecular formula is C23H24N4O2S. The Morgan fingerprint density at radius 1 is 1.17 bits per heavy atom. The number of para-hydroxylation sites is 1. The minimum Gasteiger partial charge on any atom is -0.378 e. The molecule has 1 N–H and O–H groups in total. The largest absolute Gasteiger partial charge is 0.378 e. The van der Waals surface area contributed by atoms with Gasteiger partial charge in [-0.1, -0.05) is 48.2 Å². The summed E-state index contributed by atoms with van der Waals surface area (Å²) in [6.45, 7) is 4.05. The number of thioether (sulfide) groups is 1. The van der Waals surface area contributed by atoms with E-state index in [1.54, 1.807) is 12.2 Å². The summed E-state index contributed by atoms with van der Waals surface area (Å²) in [5, 5.41) is 3.33. The number of amides is 2. The van der Waals surface area contributed by atoms with Crippen molar-refractivity contribution in [3.8, 4) is 0 Å². The van der Waals surface area contributed by atoms with Crippen LogP contribution in [0, 0.1) is 0 Å². The third-order valence-corrected chi connectivity index (χ3v) is 5.30. The van der Waals surface area contributed by atoms with Gasteiger partial charge in [-0.25, -0.2) is 4.99 Å². The van der Waals surface area contributed by atoms with Gasteiger partial charge in [0, 0.05) is 32.0 Å². The molecule has 1 aliphatic rings. The molecule has 6 nitrogen and oxygen atoms in total. The minimum atomic E-state index is -0.197. The van der Waals surface area contributed by atoms with E-state index in [0.29, 0.717) is 17.4 Å². The first-order valence-electron chi connectivity index (χ1n) is 9.46. The Hall–Kier alpha value is -3.32. The number of hydrogen-bond acceptors (Lipinski definition) is 5.